The Morgan fingerprint density at radius 2 is 1.96 bits per heavy atom. The topological polar surface area (TPSA) is 50.8 Å². The van der Waals surface area contributed by atoms with Gasteiger partial charge in [-0.15, -0.1) is 0 Å². The molecule has 0 radical (unpaired) electrons. The van der Waals surface area contributed by atoms with Gasteiger partial charge in [0.2, 0.25) is 5.69 Å². The van der Waals surface area contributed by atoms with Crippen molar-refractivity contribution >= 4 is 22.3 Å². The van der Waals surface area contributed by atoms with Crippen molar-refractivity contribution in [2.75, 3.05) is 12.4 Å². The lowest BCUT2D eigenvalue weighted by Crippen LogP contribution is -2.28. The van der Waals surface area contributed by atoms with Gasteiger partial charge in [0.05, 0.1) is 25.3 Å². The van der Waals surface area contributed by atoms with Crippen LogP contribution < -0.4 is 10.1 Å². The zero-order valence-corrected chi connectivity index (χ0v) is 15.4. The molecule has 0 amide bonds. The van der Waals surface area contributed by atoms with E-state index in [0.29, 0.717) is 11.7 Å². The highest BCUT2D eigenvalue weighted by Crippen LogP contribution is 2.33. The van der Waals surface area contributed by atoms with E-state index in [-0.39, 0.29) is 6.10 Å². The molecule has 5 heteroatoms. The van der Waals surface area contributed by atoms with Crippen LogP contribution in [0.15, 0.2) is 48.7 Å². The Morgan fingerprint density at radius 1 is 1.15 bits per heavy atom. The number of hydrogen-bond acceptors (Lipinski definition) is 3. The normalized spacial score (nSPS) is 19.6. The summed E-state index contributed by atoms with van der Waals surface area (Å²) in [6.45, 7) is 7.48. The summed E-state index contributed by atoms with van der Waals surface area (Å²) in [5.41, 5.74) is 3.55. The summed E-state index contributed by atoms with van der Waals surface area (Å²) in [6, 6.07) is 14.2. The minimum absolute atomic E-state index is 0.184. The van der Waals surface area contributed by atoms with Gasteiger partial charge in [0.25, 0.3) is 0 Å². The van der Waals surface area contributed by atoms with E-state index in [0.717, 1.165) is 53.7 Å². The lowest BCUT2D eigenvalue weighted by molar-refractivity contribution is 0.126. The van der Waals surface area contributed by atoms with Crippen molar-refractivity contribution < 1.29 is 9.84 Å². The second kappa shape index (κ2) is 7.34. The van der Waals surface area contributed by atoms with Crippen molar-refractivity contribution in [2.24, 2.45) is 0 Å². The highest BCUT2D eigenvalue weighted by Gasteiger charge is 2.20. The molecule has 3 aromatic rings. The summed E-state index contributed by atoms with van der Waals surface area (Å²) in [6.07, 6.45) is 5.31. The van der Waals surface area contributed by atoms with Gasteiger partial charge < -0.3 is 19.7 Å². The van der Waals surface area contributed by atoms with Gasteiger partial charge in [0.1, 0.15) is 5.75 Å². The number of hydrogen-bond donors (Lipinski definition) is 2. The first-order valence-electron chi connectivity index (χ1n) is 9.30. The van der Waals surface area contributed by atoms with Crippen LogP contribution >= 0.6 is 0 Å². The summed E-state index contributed by atoms with van der Waals surface area (Å²) in [7, 11) is 1.68. The molecule has 0 unspecified atom stereocenters. The van der Waals surface area contributed by atoms with Crippen LogP contribution in [0.25, 0.3) is 21.4 Å². The van der Waals surface area contributed by atoms with Crippen LogP contribution in [-0.4, -0.2) is 28.9 Å². The van der Waals surface area contributed by atoms with Crippen LogP contribution in [0.4, 0.5) is 11.4 Å². The first kappa shape index (κ1) is 17.4. The predicted molar refractivity (Wildman–Crippen MR) is 108 cm³/mol. The minimum Gasteiger partial charge on any atom is -0.496 e. The molecule has 1 heterocycles. The number of fused-ring (bicyclic) bond motifs is 1. The molecule has 1 aromatic heterocycles. The van der Waals surface area contributed by atoms with Crippen LogP contribution in [0.3, 0.4) is 0 Å². The number of nitrogens with zero attached hydrogens (tertiary/aromatic N) is 2. The number of aliphatic hydroxyl groups excluding tert-OH is 1. The van der Waals surface area contributed by atoms with Crippen LogP contribution in [0.1, 0.15) is 25.7 Å². The first-order chi connectivity index (χ1) is 13.2. The molecule has 1 aliphatic carbocycles. The number of aromatic nitrogens is 1. The molecule has 0 atom stereocenters. The first-order valence-corrected chi connectivity index (χ1v) is 9.30. The number of benzene rings is 2. The van der Waals surface area contributed by atoms with Gasteiger partial charge in [-0.2, -0.15) is 0 Å². The van der Waals surface area contributed by atoms with Gasteiger partial charge in [-0.3, -0.25) is 0 Å². The van der Waals surface area contributed by atoms with Gasteiger partial charge in [0, 0.05) is 29.0 Å². The molecule has 2 N–H and O–H groups in total. The van der Waals surface area contributed by atoms with Crippen molar-refractivity contribution in [3.8, 4) is 11.4 Å². The van der Waals surface area contributed by atoms with Crippen molar-refractivity contribution in [2.45, 2.75) is 37.8 Å². The van der Waals surface area contributed by atoms with Gasteiger partial charge in [-0.25, -0.2) is 4.85 Å². The quantitative estimate of drug-likeness (QED) is 0.650. The summed E-state index contributed by atoms with van der Waals surface area (Å²) < 4.78 is 7.57. The Labute approximate surface area is 159 Å². The summed E-state index contributed by atoms with van der Waals surface area (Å²) in [5, 5.41) is 14.3. The number of anilines is 1. The maximum atomic E-state index is 9.72. The van der Waals surface area contributed by atoms with Gasteiger partial charge in [-0.05, 0) is 56.0 Å². The predicted octanol–water partition coefficient (Wildman–Crippen LogP) is 4.91. The minimum atomic E-state index is -0.184. The van der Waals surface area contributed by atoms with Crippen molar-refractivity contribution in [1.82, 2.24) is 4.57 Å². The molecule has 27 heavy (non-hydrogen) atoms. The number of nitrogens with one attached hydrogen (secondary N) is 1. The van der Waals surface area contributed by atoms with E-state index in [1.807, 2.05) is 42.6 Å². The Kier molecular flexibility index (Phi) is 4.74. The smallest absolute Gasteiger partial charge is 0.209 e. The maximum Gasteiger partial charge on any atom is 0.209 e. The third kappa shape index (κ3) is 3.36. The van der Waals surface area contributed by atoms with E-state index in [9.17, 15) is 5.11 Å². The van der Waals surface area contributed by atoms with E-state index in [1.54, 1.807) is 7.11 Å². The average molecular weight is 361 g/mol. The zero-order chi connectivity index (χ0) is 18.8. The Bertz CT molecular complexity index is 994. The van der Waals surface area contributed by atoms with Crippen molar-refractivity contribution in [3.05, 3.63) is 60.1 Å². The molecule has 1 saturated carbocycles. The highest BCUT2D eigenvalue weighted by atomic mass is 16.5. The van der Waals surface area contributed by atoms with E-state index < -0.39 is 0 Å². The lowest BCUT2D eigenvalue weighted by atomic mass is 9.93. The fourth-order valence-corrected chi connectivity index (χ4v) is 3.87. The molecule has 0 aliphatic heterocycles. The average Bonchev–Trinajstić information content (AvgIpc) is 3.14. The molecule has 0 saturated heterocycles. The fourth-order valence-electron chi connectivity index (χ4n) is 3.87. The zero-order valence-electron chi connectivity index (χ0n) is 15.4. The summed E-state index contributed by atoms with van der Waals surface area (Å²) in [4.78, 5) is 3.67. The fraction of sp³-hybridized carbons (Fsp3) is 0.318. The van der Waals surface area contributed by atoms with Crippen LogP contribution in [0.2, 0.25) is 0 Å². The van der Waals surface area contributed by atoms with E-state index in [4.69, 9.17) is 11.3 Å². The monoisotopic (exact) mass is 361 g/mol. The highest BCUT2D eigenvalue weighted by molar-refractivity contribution is 5.88. The largest absolute Gasteiger partial charge is 0.496 e. The molecule has 2 aromatic carbocycles. The second-order valence-corrected chi connectivity index (χ2v) is 7.04. The number of methoxy groups -OCH3 is 1. The van der Waals surface area contributed by atoms with Gasteiger partial charge in [-0.1, -0.05) is 12.1 Å². The van der Waals surface area contributed by atoms with E-state index >= 15 is 0 Å². The molecule has 0 bridgehead atoms. The second-order valence-electron chi connectivity index (χ2n) is 7.04. The molecule has 1 fully saturated rings. The van der Waals surface area contributed by atoms with Crippen LogP contribution in [0.5, 0.6) is 5.75 Å². The molecule has 0 spiro atoms. The standard InChI is InChI=1S/C22H23N3O2/c1-23-19-11-8-16(14-20(19)24-15-6-9-17(26)10-7-15)25-13-12-18-21(25)4-3-5-22(18)27-2/h3-5,8,11-15,17,24,26H,6-7,9-10H2,2H3. The molecule has 5 nitrogen and oxygen atoms in total. The lowest BCUT2D eigenvalue weighted by Gasteiger charge is -2.27. The third-order valence-corrected chi connectivity index (χ3v) is 5.35. The molecular weight excluding hydrogens is 338 g/mol. The summed E-state index contributed by atoms with van der Waals surface area (Å²) >= 11 is 0. The van der Waals surface area contributed by atoms with E-state index in [2.05, 4.69) is 20.8 Å². The number of rotatable bonds is 4. The van der Waals surface area contributed by atoms with E-state index in [1.165, 1.54) is 0 Å². The SMILES string of the molecule is [C-]#[N+]c1ccc(-n2ccc3c(OC)cccc32)cc1NC1CCC(O)CC1. The van der Waals surface area contributed by atoms with Gasteiger partial charge in [0.15, 0.2) is 0 Å². The molecule has 138 valence electrons. The number of aliphatic hydroxyl groups is 1. The van der Waals surface area contributed by atoms with Crippen LogP contribution in [0, 0.1) is 6.57 Å². The Morgan fingerprint density at radius 3 is 2.70 bits per heavy atom. The number of ether oxygens (including phenoxy) is 1. The van der Waals surface area contributed by atoms with Crippen molar-refractivity contribution in [1.29, 1.82) is 0 Å². The summed E-state index contributed by atoms with van der Waals surface area (Å²) in [5.74, 6) is 0.850. The maximum absolute atomic E-state index is 9.72. The van der Waals surface area contributed by atoms with Crippen molar-refractivity contribution in [3.63, 3.8) is 0 Å². The van der Waals surface area contributed by atoms with Crippen LogP contribution in [-0.2, 0) is 0 Å². The molecule has 4 rings (SSSR count). The molecule has 1 aliphatic rings. The van der Waals surface area contributed by atoms with Gasteiger partial charge >= 0.3 is 0 Å². The molecular formula is C22H23N3O2. The Balaban J connectivity index is 1.69. The third-order valence-electron chi connectivity index (χ3n) is 5.35. The Hall–Kier alpha value is -2.97.